The van der Waals surface area contributed by atoms with Crippen LogP contribution in [0.25, 0.3) is 11.0 Å². The summed E-state index contributed by atoms with van der Waals surface area (Å²) < 4.78 is 21.4. The van der Waals surface area contributed by atoms with E-state index in [1.807, 2.05) is 0 Å². The minimum atomic E-state index is -2.15. The maximum atomic E-state index is 14.7. The van der Waals surface area contributed by atoms with E-state index in [-0.39, 0.29) is 17.0 Å². The molecule has 3 heterocycles. The first-order chi connectivity index (χ1) is 9.86. The molecule has 0 saturated carbocycles. The van der Waals surface area contributed by atoms with Gasteiger partial charge in [0.05, 0.1) is 12.0 Å². The Hall–Kier alpha value is -1.97. The molecule has 1 fully saturated rings. The molecule has 8 nitrogen and oxygen atoms in total. The first kappa shape index (κ1) is 14.0. The third-order valence-corrected chi connectivity index (χ3v) is 3.75. The quantitative estimate of drug-likeness (QED) is 0.580. The van der Waals surface area contributed by atoms with Gasteiger partial charge in [-0.1, -0.05) is 0 Å². The van der Waals surface area contributed by atoms with Gasteiger partial charge in [0, 0.05) is 6.20 Å². The topological polar surface area (TPSA) is 126 Å². The van der Waals surface area contributed by atoms with Gasteiger partial charge in [-0.05, 0) is 13.0 Å². The summed E-state index contributed by atoms with van der Waals surface area (Å²) in [4.78, 5) is 18.1. The minimum Gasteiger partial charge on any atom is -0.394 e. The number of alkyl halides is 1. The van der Waals surface area contributed by atoms with E-state index in [0.717, 1.165) is 0 Å². The number of H-pyrrole nitrogens is 1. The zero-order valence-electron chi connectivity index (χ0n) is 11.2. The molecule has 3 rings (SSSR count). The predicted molar refractivity (Wildman–Crippen MR) is 71.3 cm³/mol. The Bertz CT molecular complexity index is 740. The maximum absolute atomic E-state index is 14.7. The summed E-state index contributed by atoms with van der Waals surface area (Å²) in [6.07, 6.45) is -2.34. The molecule has 1 aliphatic heterocycles. The van der Waals surface area contributed by atoms with Crippen LogP contribution >= 0.6 is 0 Å². The zero-order chi connectivity index (χ0) is 15.4. The van der Waals surface area contributed by atoms with Gasteiger partial charge in [0.2, 0.25) is 5.95 Å². The van der Waals surface area contributed by atoms with Crippen molar-refractivity contribution in [3.05, 3.63) is 22.6 Å². The average Bonchev–Trinajstić information content (AvgIpc) is 2.91. The van der Waals surface area contributed by atoms with Gasteiger partial charge >= 0.3 is 0 Å². The summed E-state index contributed by atoms with van der Waals surface area (Å²) in [7, 11) is 0. The number of halogens is 1. The fourth-order valence-corrected chi connectivity index (χ4v) is 2.61. The van der Waals surface area contributed by atoms with Gasteiger partial charge in [-0.3, -0.25) is 9.78 Å². The van der Waals surface area contributed by atoms with E-state index in [1.54, 1.807) is 0 Å². The summed E-state index contributed by atoms with van der Waals surface area (Å²) in [5.41, 5.74) is 3.04. The number of rotatable bonds is 2. The highest BCUT2D eigenvalue weighted by molar-refractivity contribution is 5.76. The van der Waals surface area contributed by atoms with Crippen LogP contribution in [0.5, 0.6) is 0 Å². The molecule has 114 valence electrons. The molecule has 0 aliphatic carbocycles. The Morgan fingerprint density at radius 3 is 3.00 bits per heavy atom. The molecule has 1 saturated heterocycles. The highest BCUT2D eigenvalue weighted by Gasteiger charge is 2.55. The van der Waals surface area contributed by atoms with Crippen LogP contribution in [0, 0.1) is 0 Å². The summed E-state index contributed by atoms with van der Waals surface area (Å²) >= 11 is 0. The number of nitrogen functional groups attached to an aromatic ring is 1. The number of nitrogens with one attached hydrogen (secondary N) is 1. The van der Waals surface area contributed by atoms with E-state index in [0.29, 0.717) is 0 Å². The number of fused-ring (bicyclic) bond motifs is 1. The van der Waals surface area contributed by atoms with Crippen molar-refractivity contribution >= 4 is 17.0 Å². The van der Waals surface area contributed by atoms with Gasteiger partial charge < -0.3 is 25.3 Å². The first-order valence-electron chi connectivity index (χ1n) is 6.36. The summed E-state index contributed by atoms with van der Waals surface area (Å²) in [5, 5.41) is 19.2. The average molecular weight is 298 g/mol. The highest BCUT2D eigenvalue weighted by atomic mass is 19.1. The smallest absolute Gasteiger partial charge is 0.261 e. The van der Waals surface area contributed by atoms with Gasteiger partial charge in [-0.15, -0.1) is 0 Å². The standard InChI is InChI=1S/C12H15FN4O4/c1-12(13)7(19)6(4-18)21-10(12)17-3-2-5-8(17)15-11(14)16-9(5)20/h2-3,6-7,10,18-19H,4H2,1H3,(H3,14,15,16,20). The summed E-state index contributed by atoms with van der Waals surface area (Å²) in [5.74, 6) is -0.106. The second-order valence-electron chi connectivity index (χ2n) is 5.22. The van der Waals surface area contributed by atoms with Gasteiger partial charge in [0.25, 0.3) is 5.56 Å². The van der Waals surface area contributed by atoms with Crippen LogP contribution in [0.4, 0.5) is 10.3 Å². The number of anilines is 1. The van der Waals surface area contributed by atoms with Crippen molar-refractivity contribution in [2.45, 2.75) is 31.0 Å². The van der Waals surface area contributed by atoms with E-state index < -0.39 is 36.3 Å². The molecular formula is C12H15FN4O4. The number of hydrogen-bond donors (Lipinski definition) is 4. The number of aliphatic hydroxyl groups is 2. The van der Waals surface area contributed by atoms with E-state index in [1.165, 1.54) is 23.8 Å². The monoisotopic (exact) mass is 298 g/mol. The third-order valence-electron chi connectivity index (χ3n) is 3.75. The lowest BCUT2D eigenvalue weighted by molar-refractivity contribution is -0.0564. The molecule has 2 aromatic heterocycles. The first-order valence-corrected chi connectivity index (χ1v) is 6.36. The number of nitrogens with zero attached hydrogens (tertiary/aromatic N) is 2. The van der Waals surface area contributed by atoms with Gasteiger partial charge in [-0.2, -0.15) is 4.98 Å². The van der Waals surface area contributed by atoms with Crippen LogP contribution < -0.4 is 11.3 Å². The Balaban J connectivity index is 2.15. The lowest BCUT2D eigenvalue weighted by Crippen LogP contribution is -2.40. The van der Waals surface area contributed by atoms with Gasteiger partial charge in [0.1, 0.15) is 12.2 Å². The zero-order valence-corrected chi connectivity index (χ0v) is 11.2. The molecule has 0 radical (unpaired) electrons. The number of aromatic nitrogens is 3. The lowest BCUT2D eigenvalue weighted by atomic mass is 9.98. The Morgan fingerprint density at radius 2 is 2.38 bits per heavy atom. The molecule has 0 bridgehead atoms. The molecule has 0 amide bonds. The van der Waals surface area contributed by atoms with Crippen molar-refractivity contribution in [3.63, 3.8) is 0 Å². The Labute approximate surface area is 118 Å². The number of hydrogen-bond acceptors (Lipinski definition) is 6. The van der Waals surface area contributed by atoms with Crippen molar-refractivity contribution in [1.29, 1.82) is 0 Å². The number of aliphatic hydroxyl groups excluding tert-OH is 2. The predicted octanol–water partition coefficient (Wildman–Crippen LogP) is -0.714. The summed E-state index contributed by atoms with van der Waals surface area (Å²) in [6, 6.07) is 1.46. The third kappa shape index (κ3) is 1.93. The van der Waals surface area contributed by atoms with E-state index in [2.05, 4.69) is 9.97 Å². The van der Waals surface area contributed by atoms with Crippen molar-refractivity contribution in [2.24, 2.45) is 0 Å². The molecule has 1 aliphatic rings. The van der Waals surface area contributed by atoms with Crippen LogP contribution in [0.2, 0.25) is 0 Å². The number of nitrogens with two attached hydrogens (primary N) is 1. The van der Waals surface area contributed by atoms with Crippen molar-refractivity contribution in [2.75, 3.05) is 12.3 Å². The van der Waals surface area contributed by atoms with Crippen molar-refractivity contribution < 1.29 is 19.3 Å². The highest BCUT2D eigenvalue weighted by Crippen LogP contribution is 2.42. The molecular weight excluding hydrogens is 283 g/mol. The molecule has 4 unspecified atom stereocenters. The Morgan fingerprint density at radius 1 is 1.67 bits per heavy atom. The van der Waals surface area contributed by atoms with Gasteiger partial charge in [-0.25, -0.2) is 4.39 Å². The van der Waals surface area contributed by atoms with Crippen molar-refractivity contribution in [3.8, 4) is 0 Å². The van der Waals surface area contributed by atoms with Crippen LogP contribution in [-0.2, 0) is 4.74 Å². The molecule has 4 atom stereocenters. The van der Waals surface area contributed by atoms with Crippen LogP contribution in [0.15, 0.2) is 17.1 Å². The normalized spacial score (nSPS) is 32.9. The van der Waals surface area contributed by atoms with E-state index in [9.17, 15) is 14.3 Å². The fourth-order valence-electron chi connectivity index (χ4n) is 2.61. The second kappa shape index (κ2) is 4.52. The fraction of sp³-hybridized carbons (Fsp3) is 0.500. The van der Waals surface area contributed by atoms with Gasteiger partial charge in [0.15, 0.2) is 17.5 Å². The summed E-state index contributed by atoms with van der Waals surface area (Å²) in [6.45, 7) is 0.646. The van der Waals surface area contributed by atoms with E-state index in [4.69, 9.17) is 15.6 Å². The largest absolute Gasteiger partial charge is 0.394 e. The molecule has 0 spiro atoms. The SMILES string of the molecule is CC1(F)C(O)C(CO)OC1n1ccc2c(=O)[nH]c(N)nc21. The molecule has 0 aromatic carbocycles. The second-order valence-corrected chi connectivity index (χ2v) is 5.22. The maximum Gasteiger partial charge on any atom is 0.261 e. The van der Waals surface area contributed by atoms with Crippen molar-refractivity contribution in [1.82, 2.24) is 14.5 Å². The van der Waals surface area contributed by atoms with Crippen LogP contribution in [0.1, 0.15) is 13.2 Å². The molecule has 21 heavy (non-hydrogen) atoms. The number of ether oxygens (including phenoxy) is 1. The molecule has 2 aromatic rings. The van der Waals surface area contributed by atoms with Crippen LogP contribution in [-0.4, -0.2) is 49.2 Å². The molecule has 5 N–H and O–H groups in total. The number of aromatic amines is 1. The van der Waals surface area contributed by atoms with E-state index >= 15 is 0 Å². The molecule has 9 heteroatoms. The minimum absolute atomic E-state index is 0.106. The Kier molecular flexibility index (Phi) is 3.01. The van der Waals surface area contributed by atoms with Crippen LogP contribution in [0.3, 0.4) is 0 Å². The lowest BCUT2D eigenvalue weighted by Gasteiger charge is -2.25.